The van der Waals surface area contributed by atoms with Gasteiger partial charge >= 0.3 is 6.03 Å². The molecule has 0 bridgehead atoms. The van der Waals surface area contributed by atoms with Gasteiger partial charge in [-0.25, -0.2) is 4.79 Å². The van der Waals surface area contributed by atoms with E-state index in [-0.39, 0.29) is 6.03 Å². The molecule has 0 spiro atoms. The Morgan fingerprint density at radius 1 is 1.35 bits per heavy atom. The number of hydrogen-bond donors (Lipinski definition) is 2. The molecule has 0 radical (unpaired) electrons. The molecular weight excluding hydrogens is 274 g/mol. The fourth-order valence-corrected chi connectivity index (χ4v) is 2.87. The second-order valence-electron chi connectivity index (χ2n) is 5.59. The molecule has 1 aliphatic heterocycles. The largest absolute Gasteiger partial charge is 0.322 e. The first-order valence-corrected chi connectivity index (χ1v) is 7.67. The molecule has 20 heavy (non-hydrogen) atoms. The minimum Gasteiger partial charge on any atom is -0.320 e. The molecule has 2 fully saturated rings. The van der Waals surface area contributed by atoms with Gasteiger partial charge in [-0.2, -0.15) is 0 Å². The Morgan fingerprint density at radius 2 is 2.15 bits per heavy atom. The van der Waals surface area contributed by atoms with Crippen molar-refractivity contribution in [3.05, 3.63) is 29.3 Å². The number of carbonyl (C=O) groups excluding carboxylic acids is 1. The Balaban J connectivity index is 1.64. The number of rotatable bonds is 4. The molecule has 1 unspecified atom stereocenters. The first-order chi connectivity index (χ1) is 9.74. The quantitative estimate of drug-likeness (QED) is 0.896. The van der Waals surface area contributed by atoms with Crippen LogP contribution in [-0.2, 0) is 0 Å². The van der Waals surface area contributed by atoms with Crippen molar-refractivity contribution in [2.75, 3.05) is 18.4 Å². The maximum atomic E-state index is 12.5. The Kier molecular flexibility index (Phi) is 4.13. The topological polar surface area (TPSA) is 44.4 Å². The van der Waals surface area contributed by atoms with Crippen LogP contribution in [0.4, 0.5) is 10.5 Å². The molecule has 2 N–H and O–H groups in total. The lowest BCUT2D eigenvalue weighted by Gasteiger charge is -2.26. The van der Waals surface area contributed by atoms with Crippen LogP contribution in [0.2, 0.25) is 5.02 Å². The van der Waals surface area contributed by atoms with Crippen molar-refractivity contribution in [1.82, 2.24) is 10.2 Å². The van der Waals surface area contributed by atoms with Crippen molar-refractivity contribution >= 4 is 23.3 Å². The third-order valence-electron chi connectivity index (χ3n) is 3.94. The van der Waals surface area contributed by atoms with Gasteiger partial charge in [0.05, 0.1) is 10.7 Å². The van der Waals surface area contributed by atoms with E-state index in [1.807, 2.05) is 23.1 Å². The molecule has 1 aromatic carbocycles. The van der Waals surface area contributed by atoms with Crippen LogP contribution in [-0.4, -0.2) is 36.1 Å². The lowest BCUT2D eigenvalue weighted by molar-refractivity contribution is 0.203. The van der Waals surface area contributed by atoms with Crippen LogP contribution < -0.4 is 10.6 Å². The second-order valence-corrected chi connectivity index (χ2v) is 5.99. The summed E-state index contributed by atoms with van der Waals surface area (Å²) in [6, 6.07) is 8.17. The van der Waals surface area contributed by atoms with Gasteiger partial charge in [-0.15, -0.1) is 0 Å². The van der Waals surface area contributed by atoms with E-state index >= 15 is 0 Å². The third kappa shape index (κ3) is 3.25. The predicted molar refractivity (Wildman–Crippen MR) is 81.2 cm³/mol. The van der Waals surface area contributed by atoms with Crippen molar-refractivity contribution < 1.29 is 4.79 Å². The Bertz CT molecular complexity index is 484. The maximum Gasteiger partial charge on any atom is 0.322 e. The van der Waals surface area contributed by atoms with Crippen LogP contribution in [0.15, 0.2) is 24.3 Å². The van der Waals surface area contributed by atoms with E-state index in [1.165, 1.54) is 6.42 Å². The van der Waals surface area contributed by atoms with Gasteiger partial charge in [-0.1, -0.05) is 23.7 Å². The number of anilines is 1. The summed E-state index contributed by atoms with van der Waals surface area (Å²) in [6.45, 7) is 1.86. The first kappa shape index (κ1) is 13.7. The number of nitrogens with zero attached hydrogens (tertiary/aromatic N) is 1. The number of para-hydroxylation sites is 1. The second kappa shape index (κ2) is 6.02. The minimum atomic E-state index is -0.0331. The molecule has 2 amide bonds. The van der Waals surface area contributed by atoms with Gasteiger partial charge in [-0.3, -0.25) is 0 Å². The smallest absolute Gasteiger partial charge is 0.320 e. The van der Waals surface area contributed by atoms with E-state index in [1.54, 1.807) is 6.07 Å². The highest BCUT2D eigenvalue weighted by Gasteiger charge is 2.34. The molecule has 1 atom stereocenters. The molecule has 1 aromatic rings. The molecular formula is C15H20ClN3O. The molecule has 1 aliphatic carbocycles. The van der Waals surface area contributed by atoms with E-state index in [0.29, 0.717) is 22.8 Å². The van der Waals surface area contributed by atoms with E-state index in [9.17, 15) is 4.79 Å². The van der Waals surface area contributed by atoms with Crippen molar-refractivity contribution in [2.45, 2.75) is 37.8 Å². The molecule has 108 valence electrons. The molecule has 0 aromatic heterocycles. The van der Waals surface area contributed by atoms with Crippen molar-refractivity contribution in [3.8, 4) is 0 Å². The maximum absolute atomic E-state index is 12.5. The minimum absolute atomic E-state index is 0.0331. The zero-order valence-corrected chi connectivity index (χ0v) is 12.2. The van der Waals surface area contributed by atoms with Crippen molar-refractivity contribution in [2.24, 2.45) is 0 Å². The van der Waals surface area contributed by atoms with Gasteiger partial charge < -0.3 is 15.5 Å². The van der Waals surface area contributed by atoms with E-state index in [2.05, 4.69) is 10.6 Å². The highest BCUT2D eigenvalue weighted by molar-refractivity contribution is 6.33. The summed E-state index contributed by atoms with van der Waals surface area (Å²) in [5, 5.41) is 6.96. The monoisotopic (exact) mass is 293 g/mol. The predicted octanol–water partition coefficient (Wildman–Crippen LogP) is 3.09. The average Bonchev–Trinajstić information content (AvgIpc) is 3.15. The lowest BCUT2D eigenvalue weighted by atomic mass is 10.2. The number of carbonyl (C=O) groups is 1. The Morgan fingerprint density at radius 3 is 2.80 bits per heavy atom. The number of amides is 2. The van der Waals surface area contributed by atoms with Crippen LogP contribution in [0, 0.1) is 0 Å². The number of nitrogens with one attached hydrogen (secondary N) is 2. The summed E-state index contributed by atoms with van der Waals surface area (Å²) in [4.78, 5) is 14.4. The fourth-order valence-electron chi connectivity index (χ4n) is 2.68. The molecule has 1 saturated heterocycles. The number of halogens is 1. The van der Waals surface area contributed by atoms with Gasteiger partial charge in [0.25, 0.3) is 0 Å². The summed E-state index contributed by atoms with van der Waals surface area (Å²) in [5.41, 5.74) is 0.684. The molecule has 2 aliphatic rings. The highest BCUT2D eigenvalue weighted by Crippen LogP contribution is 2.29. The molecule has 1 saturated carbocycles. The Labute approximate surface area is 124 Å². The lowest BCUT2D eigenvalue weighted by Crippen LogP contribution is -2.44. The Hall–Kier alpha value is -1.26. The molecule has 4 nitrogen and oxygen atoms in total. The summed E-state index contributed by atoms with van der Waals surface area (Å²) >= 11 is 6.09. The van der Waals surface area contributed by atoms with Gasteiger partial charge in [0.2, 0.25) is 0 Å². The highest BCUT2D eigenvalue weighted by atomic mass is 35.5. The molecule has 1 heterocycles. The zero-order valence-electron chi connectivity index (χ0n) is 11.4. The molecule has 5 heteroatoms. The third-order valence-corrected chi connectivity index (χ3v) is 4.27. The number of urea groups is 1. The summed E-state index contributed by atoms with van der Waals surface area (Å²) in [5.74, 6) is 0. The molecule has 3 rings (SSSR count). The van der Waals surface area contributed by atoms with Gasteiger partial charge in [0.15, 0.2) is 0 Å². The van der Waals surface area contributed by atoms with Crippen LogP contribution in [0.5, 0.6) is 0 Å². The van der Waals surface area contributed by atoms with Crippen molar-refractivity contribution in [1.29, 1.82) is 0 Å². The van der Waals surface area contributed by atoms with E-state index in [4.69, 9.17) is 11.6 Å². The van der Waals surface area contributed by atoms with Crippen LogP contribution in [0.1, 0.15) is 25.7 Å². The first-order valence-electron chi connectivity index (χ1n) is 7.29. The number of benzene rings is 1. The fraction of sp³-hybridized carbons (Fsp3) is 0.533. The normalized spacial score (nSPS) is 21.8. The summed E-state index contributed by atoms with van der Waals surface area (Å²) in [7, 11) is 0. The average molecular weight is 294 g/mol. The van der Waals surface area contributed by atoms with Crippen LogP contribution >= 0.6 is 11.6 Å². The van der Waals surface area contributed by atoms with E-state index < -0.39 is 0 Å². The van der Waals surface area contributed by atoms with Gasteiger partial charge in [0, 0.05) is 18.6 Å². The van der Waals surface area contributed by atoms with Crippen LogP contribution in [0.3, 0.4) is 0 Å². The van der Waals surface area contributed by atoms with Gasteiger partial charge in [0.1, 0.15) is 0 Å². The SMILES string of the molecule is O=C(Nc1ccccc1Cl)N(CC1CCCN1)C1CC1. The van der Waals surface area contributed by atoms with Crippen LogP contribution in [0.25, 0.3) is 0 Å². The van der Waals surface area contributed by atoms with Crippen molar-refractivity contribution in [3.63, 3.8) is 0 Å². The summed E-state index contributed by atoms with van der Waals surface area (Å²) < 4.78 is 0. The van der Waals surface area contributed by atoms with Gasteiger partial charge in [-0.05, 0) is 44.4 Å². The summed E-state index contributed by atoms with van der Waals surface area (Å²) in [6.07, 6.45) is 4.59. The zero-order chi connectivity index (χ0) is 13.9. The number of hydrogen-bond acceptors (Lipinski definition) is 2. The van der Waals surface area contributed by atoms with E-state index in [0.717, 1.165) is 32.4 Å². The standard InChI is InChI=1S/C15H20ClN3O/c16-13-5-1-2-6-14(13)18-15(20)19(12-7-8-12)10-11-4-3-9-17-11/h1-2,5-6,11-12,17H,3-4,7-10H2,(H,18,20).